The molecule has 1 saturated heterocycles. The molecule has 1 fully saturated rings. The van der Waals surface area contributed by atoms with E-state index < -0.39 is 0 Å². The summed E-state index contributed by atoms with van der Waals surface area (Å²) in [4.78, 5) is 21.0. The first kappa shape index (κ1) is 20.6. The van der Waals surface area contributed by atoms with Crippen molar-refractivity contribution in [2.24, 2.45) is 9.98 Å². The van der Waals surface area contributed by atoms with Crippen LogP contribution in [0, 0.1) is 0 Å². The van der Waals surface area contributed by atoms with Crippen LogP contribution in [-0.4, -0.2) is 61.9 Å². The summed E-state index contributed by atoms with van der Waals surface area (Å²) >= 11 is 0. The number of ether oxygens (including phenoxy) is 1. The first-order valence-electron chi connectivity index (χ1n) is 8.12. The van der Waals surface area contributed by atoms with Crippen LogP contribution in [0.5, 0.6) is 0 Å². The van der Waals surface area contributed by atoms with Crippen LogP contribution in [0.3, 0.4) is 0 Å². The predicted molar refractivity (Wildman–Crippen MR) is 92.7 cm³/mol. The lowest BCUT2D eigenvalue weighted by Crippen LogP contribution is -2.41. The fourth-order valence-electron chi connectivity index (χ4n) is 2.47. The molecule has 0 saturated carbocycles. The van der Waals surface area contributed by atoms with E-state index in [0.717, 1.165) is 31.5 Å². The summed E-state index contributed by atoms with van der Waals surface area (Å²) < 4.78 is 5.70. The van der Waals surface area contributed by atoms with Gasteiger partial charge in [0.1, 0.15) is 6.61 Å². The van der Waals surface area contributed by atoms with Crippen molar-refractivity contribution < 1.29 is 9.53 Å². The van der Waals surface area contributed by atoms with Crippen molar-refractivity contribution in [1.29, 1.82) is 0 Å². The Bertz CT molecular complexity index is 365. The van der Waals surface area contributed by atoms with Crippen molar-refractivity contribution in [2.75, 3.05) is 26.7 Å². The van der Waals surface area contributed by atoms with Gasteiger partial charge in [-0.05, 0) is 33.6 Å². The smallest absolute Gasteiger partial charge is 0.311 e. The molecule has 0 bridgehead atoms. The molecule has 2 atom stereocenters. The molecule has 22 heavy (non-hydrogen) atoms. The molecule has 1 rings (SSSR count). The zero-order chi connectivity index (χ0) is 17.0. The summed E-state index contributed by atoms with van der Waals surface area (Å²) in [5.41, 5.74) is 0.928. The highest BCUT2D eigenvalue weighted by molar-refractivity contribution is 5.91. The molecule has 2 unspecified atom stereocenters. The molecule has 0 aliphatic carbocycles. The van der Waals surface area contributed by atoms with E-state index in [2.05, 4.69) is 27.1 Å². The third-order valence-corrected chi connectivity index (χ3v) is 3.47. The van der Waals surface area contributed by atoms with Crippen molar-refractivity contribution >= 4 is 18.1 Å². The Kier molecular flexibility index (Phi) is 11.4. The lowest BCUT2D eigenvalue weighted by molar-refractivity contribution is -0.109. The summed E-state index contributed by atoms with van der Waals surface area (Å²) in [5.74, 6) is 0. The molecule has 6 nitrogen and oxygen atoms in total. The molecule has 0 aromatic rings. The Hall–Kier alpha value is -1.43. The number of amidine groups is 1. The number of carbonyl (C=O) groups excluding carboxylic acids is 1. The molecular weight excluding hydrogens is 280 g/mol. The van der Waals surface area contributed by atoms with E-state index >= 15 is 0 Å². The van der Waals surface area contributed by atoms with Crippen molar-refractivity contribution in [2.45, 2.75) is 59.5 Å². The van der Waals surface area contributed by atoms with Gasteiger partial charge in [0.05, 0.1) is 0 Å². The number of carbonyl (C=O) groups is 1. The van der Waals surface area contributed by atoms with Crippen molar-refractivity contribution in [3.05, 3.63) is 0 Å². The third-order valence-electron chi connectivity index (χ3n) is 3.47. The highest BCUT2D eigenvalue weighted by Crippen LogP contribution is 2.23. The van der Waals surface area contributed by atoms with Gasteiger partial charge in [-0.25, -0.2) is 9.98 Å². The Morgan fingerprint density at radius 3 is 2.59 bits per heavy atom. The van der Waals surface area contributed by atoms with Gasteiger partial charge >= 0.3 is 6.02 Å². The average molecular weight is 312 g/mol. The fourth-order valence-corrected chi connectivity index (χ4v) is 2.47. The summed E-state index contributed by atoms with van der Waals surface area (Å²) in [5, 5.41) is 2.71. The van der Waals surface area contributed by atoms with Gasteiger partial charge in [0.2, 0.25) is 6.41 Å². The van der Waals surface area contributed by atoms with E-state index in [1.807, 2.05) is 27.7 Å². The number of hydrogen-bond acceptors (Lipinski definition) is 4. The first-order valence-corrected chi connectivity index (χ1v) is 8.12. The first-order chi connectivity index (χ1) is 10.6. The second-order valence-electron chi connectivity index (χ2n) is 5.27. The normalized spacial score (nSPS) is 21.6. The van der Waals surface area contributed by atoms with Crippen molar-refractivity contribution in [1.82, 2.24) is 10.2 Å². The topological polar surface area (TPSA) is 66.3 Å². The second kappa shape index (κ2) is 12.1. The lowest BCUT2D eigenvalue weighted by Gasteiger charge is -2.27. The minimum Gasteiger partial charge on any atom is -0.462 e. The minimum absolute atomic E-state index is 0.363. The van der Waals surface area contributed by atoms with Crippen LogP contribution >= 0.6 is 0 Å². The second-order valence-corrected chi connectivity index (χ2v) is 5.27. The van der Waals surface area contributed by atoms with Crippen molar-refractivity contribution in [3.63, 3.8) is 0 Å². The Morgan fingerprint density at radius 1 is 1.36 bits per heavy atom. The summed E-state index contributed by atoms with van der Waals surface area (Å²) in [6.45, 7) is 12.2. The van der Waals surface area contributed by atoms with Gasteiger partial charge in [0.25, 0.3) is 0 Å². The number of likely N-dealkylation sites (tertiary alicyclic amines) is 1. The zero-order valence-electron chi connectivity index (χ0n) is 14.9. The molecule has 1 amide bonds. The largest absolute Gasteiger partial charge is 0.462 e. The zero-order valence-corrected chi connectivity index (χ0v) is 14.9. The molecule has 1 N–H and O–H groups in total. The predicted octanol–water partition coefficient (Wildman–Crippen LogP) is 2.09. The van der Waals surface area contributed by atoms with Crippen molar-refractivity contribution in [3.8, 4) is 0 Å². The standard InChI is InChI=1S/C14H26N4O2.C2H6/c1-11(2)17-14(15-4)20-9-13-6-5-12(3)18(13)8-7-16-10-19;1-2/h10,12-13H,5-9H2,1-4H3,(H,16,19);1-2H3. The van der Waals surface area contributed by atoms with Crippen LogP contribution < -0.4 is 5.32 Å². The van der Waals surface area contributed by atoms with Gasteiger partial charge in [-0.3, -0.25) is 9.69 Å². The summed E-state index contributed by atoms with van der Waals surface area (Å²) in [7, 11) is 1.69. The van der Waals surface area contributed by atoms with E-state index in [9.17, 15) is 4.79 Å². The molecule has 0 aromatic carbocycles. The number of nitrogens with one attached hydrogen (secondary N) is 1. The van der Waals surface area contributed by atoms with Crippen LogP contribution in [0.2, 0.25) is 0 Å². The highest BCUT2D eigenvalue weighted by atomic mass is 16.5. The molecule has 128 valence electrons. The van der Waals surface area contributed by atoms with Gasteiger partial charge < -0.3 is 10.1 Å². The van der Waals surface area contributed by atoms with Crippen LogP contribution in [0.4, 0.5) is 0 Å². The summed E-state index contributed by atoms with van der Waals surface area (Å²) in [6.07, 6.45) is 3.00. The number of amides is 1. The third kappa shape index (κ3) is 7.54. The molecule has 0 spiro atoms. The number of rotatable bonds is 6. The SMILES string of the molecule is CC.CN=C(N=C(C)C)OCC1CCC(C)N1CCNC=O. The van der Waals surface area contributed by atoms with E-state index in [-0.39, 0.29) is 0 Å². The quantitative estimate of drug-likeness (QED) is 0.353. The number of aliphatic imine (C=N–C) groups is 2. The lowest BCUT2D eigenvalue weighted by atomic mass is 10.2. The molecule has 1 aliphatic heterocycles. The number of hydrogen-bond donors (Lipinski definition) is 1. The van der Waals surface area contributed by atoms with E-state index in [0.29, 0.717) is 31.3 Å². The molecule has 6 heteroatoms. The Balaban J connectivity index is 0.00000211. The fraction of sp³-hybridized carbons (Fsp3) is 0.812. The van der Waals surface area contributed by atoms with Crippen LogP contribution in [0.25, 0.3) is 0 Å². The molecule has 0 aromatic heterocycles. The van der Waals surface area contributed by atoms with Crippen LogP contribution in [0.15, 0.2) is 9.98 Å². The molecule has 0 radical (unpaired) electrons. The average Bonchev–Trinajstić information content (AvgIpc) is 2.86. The highest BCUT2D eigenvalue weighted by Gasteiger charge is 2.30. The maximum Gasteiger partial charge on any atom is 0.311 e. The van der Waals surface area contributed by atoms with Gasteiger partial charge in [0, 0.05) is 37.9 Å². The van der Waals surface area contributed by atoms with Gasteiger partial charge in [-0.1, -0.05) is 13.8 Å². The summed E-state index contributed by atoms with van der Waals surface area (Å²) in [6, 6.07) is 1.33. The van der Waals surface area contributed by atoms with Crippen LogP contribution in [-0.2, 0) is 9.53 Å². The number of nitrogens with zero attached hydrogens (tertiary/aromatic N) is 3. The minimum atomic E-state index is 0.363. The van der Waals surface area contributed by atoms with Gasteiger partial charge in [-0.2, -0.15) is 0 Å². The molecule has 1 aliphatic rings. The van der Waals surface area contributed by atoms with E-state index in [1.165, 1.54) is 0 Å². The van der Waals surface area contributed by atoms with E-state index in [4.69, 9.17) is 4.74 Å². The Labute approximate surface area is 135 Å². The van der Waals surface area contributed by atoms with E-state index in [1.54, 1.807) is 7.05 Å². The monoisotopic (exact) mass is 312 g/mol. The van der Waals surface area contributed by atoms with Gasteiger partial charge in [-0.15, -0.1) is 0 Å². The van der Waals surface area contributed by atoms with Crippen LogP contribution in [0.1, 0.15) is 47.5 Å². The maximum atomic E-state index is 10.3. The molecular formula is C16H32N4O2. The molecule has 1 heterocycles. The van der Waals surface area contributed by atoms with Gasteiger partial charge in [0.15, 0.2) is 0 Å². The Morgan fingerprint density at radius 2 is 2.05 bits per heavy atom. The maximum absolute atomic E-state index is 10.3.